The maximum absolute atomic E-state index is 6.36. The van der Waals surface area contributed by atoms with E-state index in [0.29, 0.717) is 6.04 Å². The molecule has 1 N–H and O–H groups in total. The van der Waals surface area contributed by atoms with E-state index < -0.39 is 0 Å². The van der Waals surface area contributed by atoms with Gasteiger partial charge in [-0.1, -0.05) is 44.5 Å². The van der Waals surface area contributed by atoms with Crippen molar-refractivity contribution in [3.63, 3.8) is 0 Å². The van der Waals surface area contributed by atoms with E-state index in [1.165, 1.54) is 24.0 Å². The summed E-state index contributed by atoms with van der Waals surface area (Å²) in [5, 5.41) is 5.30. The topological polar surface area (TPSA) is 12.0 Å². The van der Waals surface area contributed by atoms with Crippen LogP contribution < -0.4 is 5.32 Å². The molecule has 20 heavy (non-hydrogen) atoms. The lowest BCUT2D eigenvalue weighted by Crippen LogP contribution is -2.34. The first-order chi connectivity index (χ1) is 9.56. The van der Waals surface area contributed by atoms with Gasteiger partial charge in [-0.05, 0) is 49.9 Å². The van der Waals surface area contributed by atoms with Crippen LogP contribution >= 0.6 is 23.4 Å². The van der Waals surface area contributed by atoms with Crippen molar-refractivity contribution >= 4 is 23.4 Å². The third kappa shape index (κ3) is 6.51. The first kappa shape index (κ1) is 17.9. The highest BCUT2D eigenvalue weighted by Gasteiger charge is 2.13. The van der Waals surface area contributed by atoms with Gasteiger partial charge >= 0.3 is 0 Å². The molecule has 0 radical (unpaired) electrons. The van der Waals surface area contributed by atoms with Gasteiger partial charge in [-0.15, -0.1) is 0 Å². The highest BCUT2D eigenvalue weighted by atomic mass is 35.5. The van der Waals surface area contributed by atoms with Crippen LogP contribution in [0.2, 0.25) is 5.02 Å². The first-order valence-electron chi connectivity index (χ1n) is 7.66. The van der Waals surface area contributed by atoms with Gasteiger partial charge in [0, 0.05) is 22.1 Å². The lowest BCUT2D eigenvalue weighted by Gasteiger charge is -2.21. The Bertz CT molecular complexity index is 395. The summed E-state index contributed by atoms with van der Waals surface area (Å²) in [6.07, 6.45) is 3.42. The number of nitrogens with one attached hydrogen (secondary N) is 1. The van der Waals surface area contributed by atoms with Gasteiger partial charge < -0.3 is 5.32 Å². The number of hydrogen-bond acceptors (Lipinski definition) is 2. The van der Waals surface area contributed by atoms with E-state index in [0.717, 1.165) is 29.0 Å². The fourth-order valence-electron chi connectivity index (χ4n) is 2.02. The third-order valence-electron chi connectivity index (χ3n) is 3.51. The molecule has 0 bridgehead atoms. The summed E-state index contributed by atoms with van der Waals surface area (Å²) in [4.78, 5) is 0. The number of halogens is 1. The summed E-state index contributed by atoms with van der Waals surface area (Å²) in [7, 11) is 0. The minimum absolute atomic E-state index is 0.508. The van der Waals surface area contributed by atoms with Crippen molar-refractivity contribution in [2.75, 3.05) is 12.3 Å². The van der Waals surface area contributed by atoms with Crippen LogP contribution in [0.3, 0.4) is 0 Å². The maximum atomic E-state index is 6.36. The molecule has 1 rings (SSSR count). The molecule has 0 saturated carbocycles. The Morgan fingerprint density at radius 3 is 2.65 bits per heavy atom. The molecule has 0 aliphatic rings. The molecule has 0 aromatic heterocycles. The molecule has 0 spiro atoms. The summed E-state index contributed by atoms with van der Waals surface area (Å²) in [5.74, 6) is 1.15. The summed E-state index contributed by atoms with van der Waals surface area (Å²) < 4.78 is 0. The van der Waals surface area contributed by atoms with Crippen LogP contribution in [0.15, 0.2) is 18.2 Å². The predicted molar refractivity (Wildman–Crippen MR) is 94.2 cm³/mol. The number of thioether (sulfide) groups is 1. The monoisotopic (exact) mass is 313 g/mol. The Hall–Kier alpha value is -0.180. The summed E-state index contributed by atoms with van der Waals surface area (Å²) in [6.45, 7) is 9.94. The van der Waals surface area contributed by atoms with Crippen LogP contribution in [0, 0.1) is 6.92 Å². The van der Waals surface area contributed by atoms with Gasteiger partial charge in [0.15, 0.2) is 0 Å². The summed E-state index contributed by atoms with van der Waals surface area (Å²) in [6, 6.07) is 6.90. The molecule has 0 aliphatic heterocycles. The Balaban J connectivity index is 2.62. The predicted octanol–water partition coefficient (Wildman–Crippen LogP) is 5.09. The normalized spacial score (nSPS) is 14.2. The second kappa shape index (κ2) is 9.70. The van der Waals surface area contributed by atoms with Crippen molar-refractivity contribution in [1.29, 1.82) is 0 Å². The van der Waals surface area contributed by atoms with E-state index in [-0.39, 0.29) is 0 Å². The van der Waals surface area contributed by atoms with E-state index in [2.05, 4.69) is 63.0 Å². The smallest absolute Gasteiger partial charge is 0.0441 e. The lowest BCUT2D eigenvalue weighted by atomic mass is 10.1. The third-order valence-corrected chi connectivity index (χ3v) is 5.36. The van der Waals surface area contributed by atoms with E-state index in [1.54, 1.807) is 0 Å². The molecule has 1 nitrogen and oxygen atoms in total. The van der Waals surface area contributed by atoms with Crippen molar-refractivity contribution in [1.82, 2.24) is 5.32 Å². The van der Waals surface area contributed by atoms with Crippen molar-refractivity contribution in [3.8, 4) is 0 Å². The molecule has 114 valence electrons. The van der Waals surface area contributed by atoms with Gasteiger partial charge in [0.1, 0.15) is 0 Å². The van der Waals surface area contributed by atoms with Gasteiger partial charge in [0.05, 0.1) is 0 Å². The summed E-state index contributed by atoms with van der Waals surface area (Å²) in [5.41, 5.74) is 2.49. The zero-order valence-corrected chi connectivity index (χ0v) is 14.8. The fourth-order valence-corrected chi connectivity index (χ4v) is 3.36. The number of hydrogen-bond donors (Lipinski definition) is 1. The lowest BCUT2D eigenvalue weighted by molar-refractivity contribution is 0.549. The zero-order chi connectivity index (χ0) is 15.0. The molecule has 1 aromatic carbocycles. The zero-order valence-electron chi connectivity index (χ0n) is 13.2. The molecule has 0 aliphatic carbocycles. The van der Waals surface area contributed by atoms with Gasteiger partial charge in [-0.25, -0.2) is 0 Å². The fraction of sp³-hybridized carbons (Fsp3) is 0.647. The molecular weight excluding hydrogens is 286 g/mol. The molecule has 0 fully saturated rings. The highest BCUT2D eigenvalue weighted by molar-refractivity contribution is 7.99. The van der Waals surface area contributed by atoms with Crippen molar-refractivity contribution in [2.45, 2.75) is 58.2 Å². The SMILES string of the molecule is CCCNC(CSC(C)CC)Cc1ccc(C)cc1Cl. The van der Waals surface area contributed by atoms with Crippen molar-refractivity contribution in [2.24, 2.45) is 0 Å². The second-order valence-electron chi connectivity index (χ2n) is 5.50. The number of rotatable bonds is 9. The largest absolute Gasteiger partial charge is 0.313 e. The number of aryl methyl sites for hydroxylation is 1. The van der Waals surface area contributed by atoms with Gasteiger partial charge in [-0.3, -0.25) is 0 Å². The molecule has 2 unspecified atom stereocenters. The van der Waals surface area contributed by atoms with Crippen LogP contribution in [0.5, 0.6) is 0 Å². The minimum atomic E-state index is 0.508. The number of benzene rings is 1. The highest BCUT2D eigenvalue weighted by Crippen LogP contribution is 2.21. The summed E-state index contributed by atoms with van der Waals surface area (Å²) >= 11 is 8.42. The van der Waals surface area contributed by atoms with Crippen LogP contribution in [0.4, 0.5) is 0 Å². The van der Waals surface area contributed by atoms with Gasteiger partial charge in [-0.2, -0.15) is 11.8 Å². The van der Waals surface area contributed by atoms with E-state index in [4.69, 9.17) is 11.6 Å². The Labute approximate surface area is 133 Å². The quantitative estimate of drug-likeness (QED) is 0.681. The Morgan fingerprint density at radius 2 is 2.05 bits per heavy atom. The minimum Gasteiger partial charge on any atom is -0.313 e. The van der Waals surface area contributed by atoms with Crippen molar-refractivity contribution < 1.29 is 0 Å². The standard InChI is InChI=1S/C17H28ClNS/c1-5-9-19-16(12-20-14(4)6-2)11-15-8-7-13(3)10-17(15)18/h7-8,10,14,16,19H,5-6,9,11-12H2,1-4H3. The molecule has 0 heterocycles. The maximum Gasteiger partial charge on any atom is 0.0441 e. The van der Waals surface area contributed by atoms with Crippen LogP contribution in [-0.2, 0) is 6.42 Å². The second-order valence-corrected chi connectivity index (χ2v) is 7.38. The van der Waals surface area contributed by atoms with Gasteiger partial charge in [0.25, 0.3) is 0 Å². The first-order valence-corrected chi connectivity index (χ1v) is 9.09. The van der Waals surface area contributed by atoms with E-state index in [1.807, 2.05) is 0 Å². The van der Waals surface area contributed by atoms with Crippen LogP contribution in [0.25, 0.3) is 0 Å². The van der Waals surface area contributed by atoms with Crippen LogP contribution in [-0.4, -0.2) is 23.6 Å². The Morgan fingerprint density at radius 1 is 1.30 bits per heavy atom. The Kier molecular flexibility index (Phi) is 8.67. The molecule has 1 aromatic rings. The molecule has 3 heteroatoms. The van der Waals surface area contributed by atoms with Crippen LogP contribution in [0.1, 0.15) is 44.7 Å². The average Bonchev–Trinajstić information content (AvgIpc) is 2.43. The van der Waals surface area contributed by atoms with Crippen molar-refractivity contribution in [3.05, 3.63) is 34.3 Å². The molecular formula is C17H28ClNS. The van der Waals surface area contributed by atoms with E-state index in [9.17, 15) is 0 Å². The average molecular weight is 314 g/mol. The van der Waals surface area contributed by atoms with Gasteiger partial charge in [0.2, 0.25) is 0 Å². The molecule has 2 atom stereocenters. The van der Waals surface area contributed by atoms with E-state index >= 15 is 0 Å². The molecule has 0 saturated heterocycles. The molecule has 0 amide bonds.